The fourth-order valence-corrected chi connectivity index (χ4v) is 3.61. The van der Waals surface area contributed by atoms with E-state index in [0.717, 1.165) is 28.0 Å². The van der Waals surface area contributed by atoms with Crippen molar-refractivity contribution in [3.05, 3.63) is 105 Å². The van der Waals surface area contributed by atoms with Crippen molar-refractivity contribution in [2.75, 3.05) is 12.5 Å². The maximum atomic E-state index is 12.4. The highest BCUT2D eigenvalue weighted by molar-refractivity contribution is 5.81. The fourth-order valence-electron chi connectivity index (χ4n) is 3.61. The molecule has 36 heavy (non-hydrogen) atoms. The van der Waals surface area contributed by atoms with Crippen LogP contribution < -0.4 is 20.5 Å². The molecular formula is C28H25N5O3. The molecule has 1 heterocycles. The summed E-state index contributed by atoms with van der Waals surface area (Å²) in [7, 11) is 1.61. The van der Waals surface area contributed by atoms with E-state index >= 15 is 0 Å². The third kappa shape index (κ3) is 5.59. The van der Waals surface area contributed by atoms with Gasteiger partial charge in [0.25, 0.3) is 5.56 Å². The molecule has 0 aliphatic carbocycles. The van der Waals surface area contributed by atoms with Crippen LogP contribution in [0.4, 0.5) is 5.95 Å². The van der Waals surface area contributed by atoms with Gasteiger partial charge in [0.05, 0.1) is 19.0 Å². The highest BCUT2D eigenvalue weighted by Crippen LogP contribution is 2.25. The van der Waals surface area contributed by atoms with Crippen LogP contribution in [0.1, 0.15) is 27.8 Å². The van der Waals surface area contributed by atoms with Crippen LogP contribution in [0.25, 0.3) is 11.3 Å². The third-order valence-corrected chi connectivity index (χ3v) is 5.49. The number of aryl methyl sites for hydroxylation is 2. The molecule has 0 aliphatic rings. The molecule has 4 aromatic rings. The van der Waals surface area contributed by atoms with Gasteiger partial charge in [-0.2, -0.15) is 10.4 Å². The average molecular weight is 480 g/mol. The minimum atomic E-state index is -0.542. The number of nitriles is 1. The predicted octanol–water partition coefficient (Wildman–Crippen LogP) is 4.96. The summed E-state index contributed by atoms with van der Waals surface area (Å²) in [5.41, 5.74) is 6.93. The summed E-state index contributed by atoms with van der Waals surface area (Å²) in [6.45, 7) is 4.36. The summed E-state index contributed by atoms with van der Waals surface area (Å²) in [5.74, 6) is 1.65. The Hall–Kier alpha value is -4.90. The molecule has 0 saturated carbocycles. The summed E-state index contributed by atoms with van der Waals surface area (Å²) in [5, 5.41) is 13.6. The quantitative estimate of drug-likeness (QED) is 0.273. The normalized spacial score (nSPS) is 10.7. The molecule has 0 spiro atoms. The van der Waals surface area contributed by atoms with Crippen molar-refractivity contribution >= 4 is 12.2 Å². The Bertz CT molecular complexity index is 1500. The van der Waals surface area contributed by atoms with Crippen molar-refractivity contribution in [1.29, 1.82) is 5.26 Å². The largest absolute Gasteiger partial charge is 0.496 e. The number of nitrogens with one attached hydrogen (secondary N) is 2. The number of aromatic amines is 1. The van der Waals surface area contributed by atoms with Crippen LogP contribution in [0.15, 0.2) is 76.6 Å². The van der Waals surface area contributed by atoms with Crippen molar-refractivity contribution < 1.29 is 9.47 Å². The maximum Gasteiger partial charge on any atom is 0.270 e. The van der Waals surface area contributed by atoms with Crippen LogP contribution in [0.2, 0.25) is 0 Å². The highest BCUT2D eigenvalue weighted by atomic mass is 16.5. The number of aromatic nitrogens is 2. The molecule has 0 radical (unpaired) electrons. The molecule has 0 fully saturated rings. The van der Waals surface area contributed by atoms with E-state index in [1.54, 1.807) is 25.5 Å². The van der Waals surface area contributed by atoms with Gasteiger partial charge in [0, 0.05) is 11.1 Å². The molecule has 0 amide bonds. The van der Waals surface area contributed by atoms with Crippen molar-refractivity contribution in [1.82, 2.24) is 9.97 Å². The minimum absolute atomic E-state index is 0.0561. The molecule has 180 valence electrons. The SMILES string of the molecule is COc1ccc(C=NNc2nc(-c3ccccc3)c(C#N)c(=O)[nH]2)cc1COc1cc(C)ccc1C. The van der Waals surface area contributed by atoms with Gasteiger partial charge in [-0.15, -0.1) is 0 Å². The number of H-pyrrole nitrogens is 1. The van der Waals surface area contributed by atoms with Crippen LogP contribution in [0.5, 0.6) is 11.5 Å². The summed E-state index contributed by atoms with van der Waals surface area (Å²) in [6, 6.07) is 22.7. The van der Waals surface area contributed by atoms with Gasteiger partial charge in [0.15, 0.2) is 0 Å². The Morgan fingerprint density at radius 3 is 2.64 bits per heavy atom. The van der Waals surface area contributed by atoms with E-state index in [2.05, 4.69) is 20.5 Å². The molecule has 0 saturated heterocycles. The average Bonchev–Trinajstić information content (AvgIpc) is 2.89. The van der Waals surface area contributed by atoms with E-state index in [4.69, 9.17) is 9.47 Å². The molecule has 1 aromatic heterocycles. The maximum absolute atomic E-state index is 12.4. The number of ether oxygens (including phenoxy) is 2. The van der Waals surface area contributed by atoms with Gasteiger partial charge in [0.2, 0.25) is 5.95 Å². The van der Waals surface area contributed by atoms with Gasteiger partial charge in [-0.25, -0.2) is 10.4 Å². The topological polar surface area (TPSA) is 112 Å². The summed E-state index contributed by atoms with van der Waals surface area (Å²) < 4.78 is 11.5. The predicted molar refractivity (Wildman–Crippen MR) is 139 cm³/mol. The van der Waals surface area contributed by atoms with E-state index in [9.17, 15) is 10.1 Å². The highest BCUT2D eigenvalue weighted by Gasteiger charge is 2.13. The van der Waals surface area contributed by atoms with Crippen LogP contribution in [0.3, 0.4) is 0 Å². The van der Waals surface area contributed by atoms with Gasteiger partial charge < -0.3 is 9.47 Å². The van der Waals surface area contributed by atoms with Gasteiger partial charge in [-0.3, -0.25) is 9.78 Å². The summed E-state index contributed by atoms with van der Waals surface area (Å²) in [4.78, 5) is 19.3. The molecule has 8 nitrogen and oxygen atoms in total. The van der Waals surface area contributed by atoms with Crippen molar-refractivity contribution in [2.45, 2.75) is 20.5 Å². The number of benzene rings is 3. The van der Waals surface area contributed by atoms with Crippen LogP contribution in [0, 0.1) is 25.2 Å². The number of hydrogen-bond acceptors (Lipinski definition) is 7. The molecule has 0 atom stereocenters. The lowest BCUT2D eigenvalue weighted by Crippen LogP contribution is -2.16. The second-order valence-electron chi connectivity index (χ2n) is 8.11. The Kier molecular flexibility index (Phi) is 7.42. The molecule has 2 N–H and O–H groups in total. The first-order chi connectivity index (χ1) is 17.5. The van der Waals surface area contributed by atoms with Crippen LogP contribution >= 0.6 is 0 Å². The van der Waals surface area contributed by atoms with E-state index in [1.807, 2.05) is 74.5 Å². The van der Waals surface area contributed by atoms with E-state index < -0.39 is 5.56 Å². The number of methoxy groups -OCH3 is 1. The first-order valence-corrected chi connectivity index (χ1v) is 11.2. The molecule has 0 aliphatic heterocycles. The summed E-state index contributed by atoms with van der Waals surface area (Å²) in [6.07, 6.45) is 1.60. The second kappa shape index (κ2) is 11.0. The lowest BCUT2D eigenvalue weighted by Gasteiger charge is -2.13. The first-order valence-electron chi connectivity index (χ1n) is 11.2. The van der Waals surface area contributed by atoms with Crippen molar-refractivity contribution in [3.8, 4) is 28.8 Å². The van der Waals surface area contributed by atoms with Gasteiger partial charge >= 0.3 is 0 Å². The first kappa shape index (κ1) is 24.2. The monoisotopic (exact) mass is 479 g/mol. The Morgan fingerprint density at radius 1 is 1.08 bits per heavy atom. The van der Waals surface area contributed by atoms with Gasteiger partial charge in [-0.05, 0) is 54.8 Å². The van der Waals surface area contributed by atoms with E-state index in [1.165, 1.54) is 0 Å². The zero-order chi connectivity index (χ0) is 25.5. The van der Waals surface area contributed by atoms with Gasteiger partial charge in [-0.1, -0.05) is 42.5 Å². The van der Waals surface area contributed by atoms with Gasteiger partial charge in [0.1, 0.15) is 29.7 Å². The Balaban J connectivity index is 1.53. The minimum Gasteiger partial charge on any atom is -0.496 e. The van der Waals surface area contributed by atoms with E-state index in [0.29, 0.717) is 17.9 Å². The van der Waals surface area contributed by atoms with Crippen molar-refractivity contribution in [3.63, 3.8) is 0 Å². The lowest BCUT2D eigenvalue weighted by molar-refractivity contribution is 0.294. The number of anilines is 1. The Labute approximate surface area is 208 Å². The zero-order valence-electron chi connectivity index (χ0n) is 20.2. The molecule has 8 heteroatoms. The Morgan fingerprint density at radius 2 is 1.89 bits per heavy atom. The van der Waals surface area contributed by atoms with E-state index in [-0.39, 0.29) is 17.2 Å². The lowest BCUT2D eigenvalue weighted by atomic mass is 10.1. The standard InChI is InChI=1S/C28H25N5O3/c1-18-9-10-19(2)25(13-18)36-17-22-14-20(11-12-24(22)35-3)16-30-33-28-31-26(21-7-5-4-6-8-21)23(15-29)27(34)32-28/h4-14,16H,17H2,1-3H3,(H2,31,32,33,34). The molecule has 0 unspecified atom stereocenters. The third-order valence-electron chi connectivity index (χ3n) is 5.49. The molecule has 4 rings (SSSR count). The molecular weight excluding hydrogens is 454 g/mol. The number of rotatable bonds is 8. The zero-order valence-corrected chi connectivity index (χ0v) is 20.2. The fraction of sp³-hybridized carbons (Fsp3) is 0.143. The summed E-state index contributed by atoms with van der Waals surface area (Å²) >= 11 is 0. The number of nitrogens with zero attached hydrogens (tertiary/aromatic N) is 3. The number of hydrazone groups is 1. The number of hydrogen-bond donors (Lipinski definition) is 2. The van der Waals surface area contributed by atoms with Crippen molar-refractivity contribution in [2.24, 2.45) is 5.10 Å². The van der Waals surface area contributed by atoms with Crippen LogP contribution in [-0.4, -0.2) is 23.3 Å². The molecule has 0 bridgehead atoms. The smallest absolute Gasteiger partial charge is 0.270 e. The second-order valence-corrected chi connectivity index (χ2v) is 8.11. The molecule has 3 aromatic carbocycles. The van der Waals surface area contributed by atoms with Crippen LogP contribution in [-0.2, 0) is 6.61 Å².